The van der Waals surface area contributed by atoms with E-state index in [4.69, 9.17) is 20.2 Å². The van der Waals surface area contributed by atoms with Crippen molar-refractivity contribution in [2.45, 2.75) is 52.4 Å². The number of pyridine rings is 1. The third-order valence-electron chi connectivity index (χ3n) is 5.64. The van der Waals surface area contributed by atoms with Crippen LogP contribution in [0.25, 0.3) is 0 Å². The maximum atomic E-state index is 12.9. The molecule has 1 unspecified atom stereocenters. The van der Waals surface area contributed by atoms with Crippen LogP contribution >= 0.6 is 0 Å². The van der Waals surface area contributed by atoms with Crippen LogP contribution in [0.2, 0.25) is 0 Å². The summed E-state index contributed by atoms with van der Waals surface area (Å²) in [6.07, 6.45) is 5.51. The van der Waals surface area contributed by atoms with Gasteiger partial charge >= 0.3 is 5.97 Å². The number of esters is 1. The largest absolute Gasteiger partial charge is 0.463 e. The van der Waals surface area contributed by atoms with E-state index in [2.05, 4.69) is 0 Å². The fraction of sp³-hybridized carbons (Fsp3) is 0.409. The van der Waals surface area contributed by atoms with Crippen LogP contribution in [0.4, 0.5) is 5.69 Å². The summed E-state index contributed by atoms with van der Waals surface area (Å²) in [4.78, 5) is 29.9. The van der Waals surface area contributed by atoms with E-state index >= 15 is 0 Å². The number of hydrogen-bond acceptors (Lipinski definition) is 6. The summed E-state index contributed by atoms with van der Waals surface area (Å²) in [7, 11) is 0. The zero-order valence-electron chi connectivity index (χ0n) is 16.9. The quantitative estimate of drug-likeness (QED) is 0.801. The van der Waals surface area contributed by atoms with Gasteiger partial charge in [0, 0.05) is 30.2 Å². The molecule has 1 aliphatic carbocycles. The minimum Gasteiger partial charge on any atom is -0.463 e. The van der Waals surface area contributed by atoms with E-state index < -0.39 is 11.9 Å². The van der Waals surface area contributed by atoms with Gasteiger partial charge in [-0.15, -0.1) is 0 Å². The smallest absolute Gasteiger partial charge is 0.338 e. The van der Waals surface area contributed by atoms with Crippen molar-refractivity contribution in [3.63, 3.8) is 0 Å². The molecule has 1 atom stereocenters. The third-order valence-corrected chi connectivity index (χ3v) is 5.64. The lowest BCUT2D eigenvalue weighted by atomic mass is 9.82. The highest BCUT2D eigenvalue weighted by molar-refractivity contribution is 5.94. The second kappa shape index (κ2) is 7.39. The topological polar surface area (TPSA) is 96.4 Å². The van der Waals surface area contributed by atoms with E-state index in [1.54, 1.807) is 26.1 Å². The number of allylic oxidation sites excluding steroid dienone is 1. The molecule has 0 saturated heterocycles. The van der Waals surface area contributed by atoms with Crippen molar-refractivity contribution in [1.82, 2.24) is 9.55 Å². The Morgan fingerprint density at radius 3 is 2.83 bits per heavy atom. The van der Waals surface area contributed by atoms with Gasteiger partial charge in [0.2, 0.25) is 11.8 Å². The lowest BCUT2D eigenvalue weighted by Gasteiger charge is -2.31. The van der Waals surface area contributed by atoms with Crippen molar-refractivity contribution in [3.8, 4) is 5.88 Å². The first-order valence-corrected chi connectivity index (χ1v) is 9.99. The van der Waals surface area contributed by atoms with E-state index in [1.807, 2.05) is 6.07 Å². The van der Waals surface area contributed by atoms with Crippen molar-refractivity contribution in [2.24, 2.45) is 0 Å². The number of anilines is 1. The lowest BCUT2D eigenvalue weighted by Crippen LogP contribution is -2.28. The number of hydrogen-bond donors (Lipinski definition) is 1. The molecule has 0 fully saturated rings. The van der Waals surface area contributed by atoms with E-state index in [-0.39, 0.29) is 12.5 Å². The van der Waals surface area contributed by atoms with Crippen molar-refractivity contribution in [1.29, 1.82) is 0 Å². The number of nitrogens with zero attached hydrogens (tertiary/aromatic N) is 2. The Morgan fingerprint density at radius 1 is 1.34 bits per heavy atom. The Labute approximate surface area is 169 Å². The number of carbonyl (C=O) groups is 2. The molecule has 2 N–H and O–H groups in total. The molecular formula is C22H25N3O4. The van der Waals surface area contributed by atoms with Gasteiger partial charge < -0.3 is 15.2 Å². The van der Waals surface area contributed by atoms with Crippen molar-refractivity contribution >= 4 is 17.6 Å². The summed E-state index contributed by atoms with van der Waals surface area (Å²) in [5.41, 5.74) is 10.9. The number of rotatable bonds is 3. The SMILES string of the molecule is CCOC(=O)C1=C(C)Oc2nc3c(c(N)c2C1c1cccn1C(C)=O)CCCC3. The molecule has 29 heavy (non-hydrogen) atoms. The molecule has 152 valence electrons. The molecule has 0 spiro atoms. The lowest BCUT2D eigenvalue weighted by molar-refractivity contribution is -0.139. The molecule has 7 nitrogen and oxygen atoms in total. The predicted octanol–water partition coefficient (Wildman–Crippen LogP) is 3.37. The molecule has 7 heteroatoms. The molecule has 2 aromatic rings. The fourth-order valence-corrected chi connectivity index (χ4v) is 4.35. The maximum Gasteiger partial charge on any atom is 0.338 e. The number of fused-ring (bicyclic) bond motifs is 2. The van der Waals surface area contributed by atoms with Crippen LogP contribution in [0.15, 0.2) is 29.7 Å². The summed E-state index contributed by atoms with van der Waals surface area (Å²) in [6.45, 7) is 5.20. The number of ether oxygens (including phenoxy) is 2. The second-order valence-corrected chi connectivity index (χ2v) is 7.42. The molecule has 2 aromatic heterocycles. The van der Waals surface area contributed by atoms with E-state index in [9.17, 15) is 9.59 Å². The van der Waals surface area contributed by atoms with Crippen LogP contribution in [0.3, 0.4) is 0 Å². The minimum absolute atomic E-state index is 0.150. The molecule has 0 bridgehead atoms. The van der Waals surface area contributed by atoms with Crippen molar-refractivity contribution in [3.05, 3.63) is 52.2 Å². The Kier molecular flexibility index (Phi) is 4.90. The van der Waals surface area contributed by atoms with E-state index in [0.717, 1.165) is 36.9 Å². The van der Waals surface area contributed by atoms with Gasteiger partial charge in [-0.1, -0.05) is 0 Å². The Bertz CT molecular complexity index is 1030. The van der Waals surface area contributed by atoms with Crippen LogP contribution in [-0.4, -0.2) is 28.0 Å². The summed E-state index contributed by atoms with van der Waals surface area (Å²) in [5.74, 6) is -0.385. The van der Waals surface area contributed by atoms with Crippen molar-refractivity contribution < 1.29 is 19.1 Å². The zero-order chi connectivity index (χ0) is 20.7. The van der Waals surface area contributed by atoms with Gasteiger partial charge in [0.1, 0.15) is 5.76 Å². The molecule has 0 aromatic carbocycles. The second-order valence-electron chi connectivity index (χ2n) is 7.42. The van der Waals surface area contributed by atoms with Gasteiger partial charge in [-0.05, 0) is 57.2 Å². The number of aromatic nitrogens is 2. The first-order chi connectivity index (χ1) is 13.9. The Morgan fingerprint density at radius 2 is 2.10 bits per heavy atom. The molecule has 3 heterocycles. The van der Waals surface area contributed by atoms with Gasteiger partial charge in [-0.25, -0.2) is 9.78 Å². The third kappa shape index (κ3) is 3.10. The summed E-state index contributed by atoms with van der Waals surface area (Å²) < 4.78 is 12.8. The molecule has 0 radical (unpaired) electrons. The number of carbonyl (C=O) groups excluding carboxylic acids is 2. The molecule has 0 amide bonds. The number of nitrogens with two attached hydrogens (primary N) is 1. The first kappa shape index (κ1) is 19.2. The highest BCUT2D eigenvalue weighted by Gasteiger charge is 2.40. The van der Waals surface area contributed by atoms with E-state index in [1.165, 1.54) is 11.5 Å². The van der Waals surface area contributed by atoms with Crippen LogP contribution in [-0.2, 0) is 22.4 Å². The van der Waals surface area contributed by atoms with Gasteiger partial charge in [-0.3, -0.25) is 9.36 Å². The van der Waals surface area contributed by atoms with Crippen molar-refractivity contribution in [2.75, 3.05) is 12.3 Å². The van der Waals surface area contributed by atoms with Gasteiger partial charge in [-0.2, -0.15) is 0 Å². The van der Waals surface area contributed by atoms with Gasteiger partial charge in [0.15, 0.2) is 0 Å². The first-order valence-electron chi connectivity index (χ1n) is 9.99. The fourth-order valence-electron chi connectivity index (χ4n) is 4.35. The molecule has 0 saturated carbocycles. The van der Waals surface area contributed by atoms with Crippen LogP contribution in [0, 0.1) is 0 Å². The standard InChI is InChI=1S/C22H25N3O4/c1-4-28-22(27)17-12(2)29-21-19(18(17)16-10-7-11-25(16)13(3)26)20(23)14-8-5-6-9-15(14)24-21/h7,10-11,18H,4-6,8-9H2,1-3H3,(H2,23,24). The highest BCUT2D eigenvalue weighted by atomic mass is 16.5. The number of nitrogen functional groups attached to an aromatic ring is 1. The van der Waals surface area contributed by atoms with Gasteiger partial charge in [0.25, 0.3) is 0 Å². The predicted molar refractivity (Wildman–Crippen MR) is 108 cm³/mol. The monoisotopic (exact) mass is 395 g/mol. The van der Waals surface area contributed by atoms with Crippen LogP contribution in [0.1, 0.15) is 66.8 Å². The zero-order valence-corrected chi connectivity index (χ0v) is 16.9. The number of aryl methyl sites for hydroxylation is 1. The minimum atomic E-state index is -0.587. The summed E-state index contributed by atoms with van der Waals surface area (Å²) >= 11 is 0. The summed E-state index contributed by atoms with van der Waals surface area (Å²) in [5, 5.41) is 0. The molecule has 1 aliphatic heterocycles. The maximum absolute atomic E-state index is 12.9. The summed E-state index contributed by atoms with van der Waals surface area (Å²) in [6, 6.07) is 3.61. The molecular weight excluding hydrogens is 370 g/mol. The Hall–Kier alpha value is -3.09. The van der Waals surface area contributed by atoms with Gasteiger partial charge in [0.05, 0.1) is 23.7 Å². The average molecular weight is 395 g/mol. The van der Waals surface area contributed by atoms with E-state index in [0.29, 0.717) is 34.2 Å². The highest BCUT2D eigenvalue weighted by Crippen LogP contribution is 2.47. The Balaban J connectivity index is 1.99. The molecule has 2 aliphatic rings. The van der Waals surface area contributed by atoms with Crippen LogP contribution < -0.4 is 10.5 Å². The normalized spacial score (nSPS) is 18.0. The average Bonchev–Trinajstić information content (AvgIpc) is 3.17. The van der Waals surface area contributed by atoms with Crippen LogP contribution in [0.5, 0.6) is 5.88 Å². The molecule has 4 rings (SSSR count).